The summed E-state index contributed by atoms with van der Waals surface area (Å²) >= 11 is 0. The van der Waals surface area contributed by atoms with E-state index in [-0.39, 0.29) is 11.9 Å². The van der Waals surface area contributed by atoms with Crippen molar-refractivity contribution in [1.29, 1.82) is 0 Å². The van der Waals surface area contributed by atoms with E-state index in [4.69, 9.17) is 6.42 Å². The summed E-state index contributed by atoms with van der Waals surface area (Å²) in [5.74, 6) is 2.70. The molecule has 0 radical (unpaired) electrons. The molecule has 0 aliphatic carbocycles. The van der Waals surface area contributed by atoms with Gasteiger partial charge < -0.3 is 10.2 Å². The highest BCUT2D eigenvalue weighted by molar-refractivity contribution is 5.82. The molecule has 0 aromatic rings. The Morgan fingerprint density at radius 2 is 2.58 bits per heavy atom. The molecule has 0 aromatic carbocycles. The lowest BCUT2D eigenvalue weighted by atomic mass is 10.2. The molecule has 1 unspecified atom stereocenters. The van der Waals surface area contributed by atoms with Gasteiger partial charge in [0.15, 0.2) is 0 Å². The van der Waals surface area contributed by atoms with Gasteiger partial charge in [0.2, 0.25) is 5.91 Å². The second-order valence-corrected chi connectivity index (χ2v) is 2.96. The lowest BCUT2D eigenvalue weighted by Gasteiger charge is -2.30. The van der Waals surface area contributed by atoms with Crippen LogP contribution in [0.1, 0.15) is 13.3 Å². The molecule has 1 aliphatic rings. The molecule has 1 saturated heterocycles. The fourth-order valence-corrected chi connectivity index (χ4v) is 1.31. The molecule has 12 heavy (non-hydrogen) atoms. The number of carbonyl (C=O) groups is 1. The van der Waals surface area contributed by atoms with Crippen molar-refractivity contribution in [3.05, 3.63) is 0 Å². The molecular formula is C9H14N2O. The maximum absolute atomic E-state index is 11.4. The van der Waals surface area contributed by atoms with Crippen LogP contribution in [0.2, 0.25) is 0 Å². The minimum absolute atomic E-state index is 0.0449. The molecule has 3 heteroatoms. The Morgan fingerprint density at radius 3 is 3.25 bits per heavy atom. The first-order valence-electron chi connectivity index (χ1n) is 4.21. The third kappa shape index (κ3) is 1.99. The SMILES string of the molecule is C#CCCN1CCNC(C)C1=O. The Bertz CT molecular complexity index is 207. The maximum Gasteiger partial charge on any atom is 0.239 e. The predicted molar refractivity (Wildman–Crippen MR) is 47.5 cm³/mol. The summed E-state index contributed by atoms with van der Waals surface area (Å²) in [5.41, 5.74) is 0. The topological polar surface area (TPSA) is 32.3 Å². The van der Waals surface area contributed by atoms with Crippen molar-refractivity contribution >= 4 is 5.91 Å². The summed E-state index contributed by atoms with van der Waals surface area (Å²) in [7, 11) is 0. The quantitative estimate of drug-likeness (QED) is 0.578. The summed E-state index contributed by atoms with van der Waals surface area (Å²) in [6.07, 6.45) is 5.77. The smallest absolute Gasteiger partial charge is 0.239 e. The summed E-state index contributed by atoms with van der Waals surface area (Å²) < 4.78 is 0. The van der Waals surface area contributed by atoms with Crippen LogP contribution in [0.3, 0.4) is 0 Å². The Balaban J connectivity index is 2.42. The van der Waals surface area contributed by atoms with Crippen molar-refractivity contribution < 1.29 is 4.79 Å². The van der Waals surface area contributed by atoms with Gasteiger partial charge in [-0.25, -0.2) is 0 Å². The first-order valence-corrected chi connectivity index (χ1v) is 4.21. The zero-order chi connectivity index (χ0) is 8.97. The second-order valence-electron chi connectivity index (χ2n) is 2.96. The van der Waals surface area contributed by atoms with Gasteiger partial charge in [-0.2, -0.15) is 0 Å². The number of hydrogen-bond acceptors (Lipinski definition) is 2. The summed E-state index contributed by atoms with van der Waals surface area (Å²) in [4.78, 5) is 13.2. The minimum atomic E-state index is -0.0449. The first kappa shape index (κ1) is 9.08. The van der Waals surface area contributed by atoms with Gasteiger partial charge in [0.05, 0.1) is 6.04 Å². The van der Waals surface area contributed by atoms with Crippen LogP contribution in [-0.2, 0) is 4.79 Å². The molecule has 1 fully saturated rings. The molecule has 1 aliphatic heterocycles. The van der Waals surface area contributed by atoms with Crippen molar-refractivity contribution in [2.75, 3.05) is 19.6 Å². The summed E-state index contributed by atoms with van der Waals surface area (Å²) in [6, 6.07) is -0.0449. The van der Waals surface area contributed by atoms with Crippen LogP contribution in [0.15, 0.2) is 0 Å². The van der Waals surface area contributed by atoms with Crippen molar-refractivity contribution in [3.8, 4) is 12.3 Å². The van der Waals surface area contributed by atoms with Crippen LogP contribution in [0.4, 0.5) is 0 Å². The Kier molecular flexibility index (Phi) is 3.12. The zero-order valence-corrected chi connectivity index (χ0v) is 7.34. The Morgan fingerprint density at radius 1 is 1.83 bits per heavy atom. The van der Waals surface area contributed by atoms with E-state index in [0.717, 1.165) is 13.1 Å². The number of nitrogens with zero attached hydrogens (tertiary/aromatic N) is 1. The molecule has 0 bridgehead atoms. The highest BCUT2D eigenvalue weighted by atomic mass is 16.2. The zero-order valence-electron chi connectivity index (χ0n) is 7.34. The van der Waals surface area contributed by atoms with Crippen LogP contribution >= 0.6 is 0 Å². The van der Waals surface area contributed by atoms with Gasteiger partial charge in [-0.1, -0.05) is 0 Å². The Hall–Kier alpha value is -1.01. The molecular weight excluding hydrogens is 152 g/mol. The average molecular weight is 166 g/mol. The molecule has 1 rings (SSSR count). The maximum atomic E-state index is 11.4. The van der Waals surface area contributed by atoms with E-state index in [1.54, 1.807) is 0 Å². The minimum Gasteiger partial charge on any atom is -0.339 e. The van der Waals surface area contributed by atoms with E-state index in [1.807, 2.05) is 11.8 Å². The van der Waals surface area contributed by atoms with E-state index < -0.39 is 0 Å². The molecule has 1 atom stereocenters. The molecule has 66 valence electrons. The van der Waals surface area contributed by atoms with Crippen molar-refractivity contribution in [1.82, 2.24) is 10.2 Å². The second kappa shape index (κ2) is 4.13. The molecule has 0 spiro atoms. The van der Waals surface area contributed by atoms with Gasteiger partial charge in [-0.05, 0) is 6.92 Å². The predicted octanol–water partition coefficient (Wildman–Crippen LogP) is -0.170. The fourth-order valence-electron chi connectivity index (χ4n) is 1.31. The van der Waals surface area contributed by atoms with Crippen molar-refractivity contribution in [2.24, 2.45) is 0 Å². The number of amides is 1. The highest BCUT2D eigenvalue weighted by Crippen LogP contribution is 2.01. The van der Waals surface area contributed by atoms with Gasteiger partial charge in [0.25, 0.3) is 0 Å². The highest BCUT2D eigenvalue weighted by Gasteiger charge is 2.23. The number of nitrogens with one attached hydrogen (secondary N) is 1. The molecule has 1 N–H and O–H groups in total. The fraction of sp³-hybridized carbons (Fsp3) is 0.667. The summed E-state index contributed by atoms with van der Waals surface area (Å²) in [6.45, 7) is 4.23. The number of terminal acetylenes is 1. The lowest BCUT2D eigenvalue weighted by molar-refractivity contribution is -0.135. The van der Waals surface area contributed by atoms with Gasteiger partial charge >= 0.3 is 0 Å². The molecule has 1 heterocycles. The number of piperazine rings is 1. The lowest BCUT2D eigenvalue weighted by Crippen LogP contribution is -2.53. The van der Waals surface area contributed by atoms with E-state index in [1.165, 1.54) is 0 Å². The number of carbonyl (C=O) groups excluding carboxylic acids is 1. The van der Waals surface area contributed by atoms with Crippen molar-refractivity contribution in [2.45, 2.75) is 19.4 Å². The van der Waals surface area contributed by atoms with Crippen LogP contribution in [0.5, 0.6) is 0 Å². The third-order valence-electron chi connectivity index (χ3n) is 2.04. The standard InChI is InChI=1S/C9H14N2O/c1-3-4-6-11-7-5-10-8(2)9(11)12/h1,8,10H,4-7H2,2H3. The first-order chi connectivity index (χ1) is 5.75. The summed E-state index contributed by atoms with van der Waals surface area (Å²) in [5, 5.41) is 3.10. The Labute approximate surface area is 73.1 Å². The van der Waals surface area contributed by atoms with Gasteiger partial charge in [-0.15, -0.1) is 12.3 Å². The molecule has 0 saturated carbocycles. The largest absolute Gasteiger partial charge is 0.339 e. The monoisotopic (exact) mass is 166 g/mol. The van der Waals surface area contributed by atoms with Gasteiger partial charge in [0, 0.05) is 26.1 Å². The normalized spacial score (nSPS) is 23.8. The number of hydrogen-bond donors (Lipinski definition) is 1. The molecule has 3 nitrogen and oxygen atoms in total. The van der Waals surface area contributed by atoms with E-state index in [9.17, 15) is 4.79 Å². The van der Waals surface area contributed by atoms with Crippen LogP contribution in [-0.4, -0.2) is 36.5 Å². The van der Waals surface area contributed by atoms with E-state index in [2.05, 4.69) is 11.2 Å². The number of rotatable bonds is 2. The van der Waals surface area contributed by atoms with E-state index >= 15 is 0 Å². The van der Waals surface area contributed by atoms with E-state index in [0.29, 0.717) is 13.0 Å². The van der Waals surface area contributed by atoms with Crippen LogP contribution in [0, 0.1) is 12.3 Å². The average Bonchev–Trinajstić information content (AvgIpc) is 2.08. The van der Waals surface area contributed by atoms with Gasteiger partial charge in [-0.3, -0.25) is 4.79 Å². The van der Waals surface area contributed by atoms with Gasteiger partial charge in [0.1, 0.15) is 0 Å². The van der Waals surface area contributed by atoms with Crippen LogP contribution < -0.4 is 5.32 Å². The molecule has 0 aromatic heterocycles. The third-order valence-corrected chi connectivity index (χ3v) is 2.04. The molecule has 1 amide bonds. The van der Waals surface area contributed by atoms with Crippen molar-refractivity contribution in [3.63, 3.8) is 0 Å². The van der Waals surface area contributed by atoms with Crippen LogP contribution in [0.25, 0.3) is 0 Å².